The number of hydrogen-bond donors (Lipinski definition) is 0. The molecule has 0 aliphatic heterocycles. The zero-order valence-corrected chi connectivity index (χ0v) is 25.3. The van der Waals surface area contributed by atoms with E-state index in [-0.39, 0.29) is 10.8 Å². The molecule has 0 amide bonds. The highest BCUT2D eigenvalue weighted by molar-refractivity contribution is 6.13. The lowest BCUT2D eigenvalue weighted by Crippen LogP contribution is -2.24. The highest BCUT2D eigenvalue weighted by atomic mass is 14.7. The zero-order valence-electron chi connectivity index (χ0n) is 25.3. The van der Waals surface area contributed by atoms with Crippen LogP contribution in [-0.2, 0) is 10.8 Å². The lowest BCUT2D eigenvalue weighted by Gasteiger charge is -2.31. The first kappa shape index (κ1) is 26.2. The molecule has 0 saturated carbocycles. The molecule has 0 fully saturated rings. The second-order valence-corrected chi connectivity index (χ2v) is 12.7. The van der Waals surface area contributed by atoms with Crippen LogP contribution in [0.15, 0.2) is 109 Å². The van der Waals surface area contributed by atoms with Gasteiger partial charge in [0.05, 0.1) is 0 Å². The third-order valence-corrected chi connectivity index (χ3v) is 9.39. The predicted molar refractivity (Wildman–Crippen MR) is 180 cm³/mol. The van der Waals surface area contributed by atoms with Gasteiger partial charge in [0.2, 0.25) is 0 Å². The van der Waals surface area contributed by atoms with E-state index in [1.165, 1.54) is 55.3 Å². The summed E-state index contributed by atoms with van der Waals surface area (Å²) in [7, 11) is 0. The average molecular weight is 563 g/mol. The van der Waals surface area contributed by atoms with Crippen LogP contribution in [0.2, 0.25) is 0 Å². The van der Waals surface area contributed by atoms with Crippen LogP contribution in [0.25, 0.3) is 33.0 Å². The van der Waals surface area contributed by atoms with Gasteiger partial charge < -0.3 is 0 Å². The van der Waals surface area contributed by atoms with Gasteiger partial charge in [0.15, 0.2) is 0 Å². The number of aromatic nitrogens is 2. The van der Waals surface area contributed by atoms with Crippen molar-refractivity contribution in [1.82, 2.24) is 9.97 Å². The van der Waals surface area contributed by atoms with Crippen molar-refractivity contribution in [3.63, 3.8) is 0 Å². The Morgan fingerprint density at radius 2 is 0.909 bits per heavy atom. The third-order valence-electron chi connectivity index (χ3n) is 9.39. The summed E-state index contributed by atoms with van der Waals surface area (Å²) < 4.78 is 0. The smallest absolute Gasteiger partial charge is 0.113 e. The first-order valence-electron chi connectivity index (χ1n) is 15.1. The minimum Gasteiger partial charge on any atom is -0.248 e. The van der Waals surface area contributed by atoms with E-state index < -0.39 is 0 Å². The van der Waals surface area contributed by atoms with Crippen LogP contribution >= 0.6 is 0 Å². The molecule has 2 heteroatoms. The number of benzene rings is 4. The molecule has 0 radical (unpaired) electrons. The SMILES string of the molecule is CC1(C)c2cc(C#Cc3ccccn3)ccc2-c2c1c1c(c3ccccc23)-c2ccc(C#Cc3ccccn3)cc2C1(C)C. The van der Waals surface area contributed by atoms with Crippen molar-refractivity contribution in [3.05, 3.63) is 154 Å². The average Bonchev–Trinajstić information content (AvgIpc) is 3.43. The maximum absolute atomic E-state index is 4.38. The number of nitrogens with zero attached hydrogens (tertiary/aromatic N) is 2. The molecule has 8 rings (SSSR count). The summed E-state index contributed by atoms with van der Waals surface area (Å²) >= 11 is 0. The summed E-state index contributed by atoms with van der Waals surface area (Å²) in [5.41, 5.74) is 14.0. The van der Waals surface area contributed by atoms with Gasteiger partial charge in [-0.05, 0) is 116 Å². The topological polar surface area (TPSA) is 25.8 Å². The molecular formula is C42H30N2. The van der Waals surface area contributed by atoms with Crippen LogP contribution in [0.1, 0.15) is 72.5 Å². The molecule has 2 aliphatic carbocycles. The molecule has 0 N–H and O–H groups in total. The second-order valence-electron chi connectivity index (χ2n) is 12.7. The molecule has 0 unspecified atom stereocenters. The molecule has 2 aromatic heterocycles. The third kappa shape index (κ3) is 3.85. The van der Waals surface area contributed by atoms with Crippen LogP contribution in [0, 0.1) is 23.7 Å². The molecule has 6 aromatic rings. The van der Waals surface area contributed by atoms with E-state index in [1.807, 2.05) is 36.4 Å². The Morgan fingerprint density at radius 1 is 0.477 bits per heavy atom. The van der Waals surface area contributed by atoms with Gasteiger partial charge in [-0.1, -0.05) is 88.1 Å². The van der Waals surface area contributed by atoms with Gasteiger partial charge in [-0.3, -0.25) is 0 Å². The summed E-state index contributed by atoms with van der Waals surface area (Å²) in [4.78, 5) is 8.77. The maximum Gasteiger partial charge on any atom is 0.113 e. The number of hydrogen-bond acceptors (Lipinski definition) is 2. The van der Waals surface area contributed by atoms with Crippen LogP contribution in [0.4, 0.5) is 0 Å². The summed E-state index contributed by atoms with van der Waals surface area (Å²) in [6, 6.07) is 34.1. The van der Waals surface area contributed by atoms with E-state index in [0.29, 0.717) is 0 Å². The summed E-state index contributed by atoms with van der Waals surface area (Å²) in [6.07, 6.45) is 3.57. The normalized spacial score (nSPS) is 14.4. The molecule has 0 spiro atoms. The molecular weight excluding hydrogens is 532 g/mol. The molecule has 4 aromatic carbocycles. The van der Waals surface area contributed by atoms with Crippen molar-refractivity contribution in [3.8, 4) is 45.9 Å². The van der Waals surface area contributed by atoms with Crippen LogP contribution in [0.5, 0.6) is 0 Å². The Kier molecular flexibility index (Phi) is 5.68. The predicted octanol–water partition coefficient (Wildman–Crippen LogP) is 9.04. The molecule has 2 heterocycles. The monoisotopic (exact) mass is 562 g/mol. The van der Waals surface area contributed by atoms with E-state index in [9.17, 15) is 0 Å². The second kappa shape index (κ2) is 9.54. The van der Waals surface area contributed by atoms with Gasteiger partial charge >= 0.3 is 0 Å². The molecule has 2 nitrogen and oxygen atoms in total. The van der Waals surface area contributed by atoms with Crippen molar-refractivity contribution in [2.24, 2.45) is 0 Å². The van der Waals surface area contributed by atoms with E-state index in [4.69, 9.17) is 0 Å². The summed E-state index contributed by atoms with van der Waals surface area (Å²) in [6.45, 7) is 9.52. The minimum absolute atomic E-state index is 0.206. The molecule has 2 aliphatic rings. The maximum atomic E-state index is 4.38. The van der Waals surface area contributed by atoms with E-state index in [2.05, 4.69) is 122 Å². The molecule has 0 atom stereocenters. The Bertz CT molecular complexity index is 2100. The van der Waals surface area contributed by atoms with Crippen molar-refractivity contribution >= 4 is 10.8 Å². The minimum atomic E-state index is -0.206. The quantitative estimate of drug-likeness (QED) is 0.173. The lowest BCUT2D eigenvalue weighted by molar-refractivity contribution is 0.601. The molecule has 44 heavy (non-hydrogen) atoms. The summed E-state index contributed by atoms with van der Waals surface area (Å²) in [5.74, 6) is 13.2. The fraction of sp³-hybridized carbons (Fsp3) is 0.143. The van der Waals surface area contributed by atoms with E-state index >= 15 is 0 Å². The largest absolute Gasteiger partial charge is 0.248 e. The first-order chi connectivity index (χ1) is 21.3. The van der Waals surface area contributed by atoms with Gasteiger partial charge in [0, 0.05) is 34.4 Å². The van der Waals surface area contributed by atoms with Crippen LogP contribution < -0.4 is 0 Å². The van der Waals surface area contributed by atoms with Crippen molar-refractivity contribution in [2.45, 2.75) is 38.5 Å². The van der Waals surface area contributed by atoms with E-state index in [1.54, 1.807) is 12.4 Å². The van der Waals surface area contributed by atoms with Crippen LogP contribution in [-0.4, -0.2) is 9.97 Å². The number of rotatable bonds is 0. The molecule has 0 saturated heterocycles. The fourth-order valence-corrected chi connectivity index (χ4v) is 7.38. The standard InChI is InChI=1S/C42H30N2/c1-41(2)35-25-27(15-19-29-11-7-9-23-43-29)17-21-33(35)37-31-13-5-6-14-32(31)38-34-22-18-28(16-20-30-12-8-10-24-44-30)26-36(34)42(3,4)40(38)39(37)41/h5-14,17-18,21-26H,1-4H3. The highest BCUT2D eigenvalue weighted by Crippen LogP contribution is 2.61. The Balaban J connectivity index is 1.33. The fourth-order valence-electron chi connectivity index (χ4n) is 7.38. The Hall–Kier alpha value is -5.44. The van der Waals surface area contributed by atoms with Crippen molar-refractivity contribution in [2.75, 3.05) is 0 Å². The van der Waals surface area contributed by atoms with E-state index in [0.717, 1.165) is 22.5 Å². The molecule has 208 valence electrons. The van der Waals surface area contributed by atoms with Crippen LogP contribution in [0.3, 0.4) is 0 Å². The summed E-state index contributed by atoms with van der Waals surface area (Å²) in [5, 5.41) is 2.62. The highest BCUT2D eigenvalue weighted by Gasteiger charge is 2.47. The van der Waals surface area contributed by atoms with Gasteiger partial charge in [0.25, 0.3) is 0 Å². The van der Waals surface area contributed by atoms with Gasteiger partial charge in [0.1, 0.15) is 11.4 Å². The van der Waals surface area contributed by atoms with Gasteiger partial charge in [-0.25, -0.2) is 9.97 Å². The van der Waals surface area contributed by atoms with Crippen molar-refractivity contribution in [1.29, 1.82) is 0 Å². The van der Waals surface area contributed by atoms with Gasteiger partial charge in [-0.2, -0.15) is 0 Å². The van der Waals surface area contributed by atoms with Gasteiger partial charge in [-0.15, -0.1) is 0 Å². The molecule has 0 bridgehead atoms. The van der Waals surface area contributed by atoms with Crippen molar-refractivity contribution < 1.29 is 0 Å². The Morgan fingerprint density at radius 3 is 1.32 bits per heavy atom. The lowest BCUT2D eigenvalue weighted by atomic mass is 9.71. The Labute approximate surface area is 258 Å². The zero-order chi connectivity index (χ0) is 30.1. The number of pyridine rings is 2. The number of fused-ring (bicyclic) bond motifs is 10. The first-order valence-corrected chi connectivity index (χ1v) is 15.1.